The van der Waals surface area contributed by atoms with E-state index in [4.69, 9.17) is 4.74 Å². The summed E-state index contributed by atoms with van der Waals surface area (Å²) in [5.74, 6) is 1.69. The second-order valence-electron chi connectivity index (χ2n) is 4.90. The molecule has 20 heavy (non-hydrogen) atoms. The number of ether oxygens (including phenoxy) is 1. The number of benzene rings is 1. The fourth-order valence-electron chi connectivity index (χ4n) is 2.29. The van der Waals surface area contributed by atoms with Gasteiger partial charge in [-0.05, 0) is 37.0 Å². The minimum absolute atomic E-state index is 0.0484. The number of aryl methyl sites for hydroxylation is 3. The Bertz CT molecular complexity index is 555. The quantitative estimate of drug-likeness (QED) is 0.879. The largest absolute Gasteiger partial charge is 0.485 e. The minimum Gasteiger partial charge on any atom is -0.485 e. The lowest BCUT2D eigenvalue weighted by atomic mass is 10.1. The molecule has 0 saturated carbocycles. The smallest absolute Gasteiger partial charge is 0.164 e. The van der Waals surface area contributed by atoms with E-state index in [1.165, 1.54) is 0 Å². The number of aliphatic hydroxyl groups is 1. The van der Waals surface area contributed by atoms with Crippen LogP contribution in [0.1, 0.15) is 35.9 Å². The Hall–Kier alpha value is -1.88. The summed E-state index contributed by atoms with van der Waals surface area (Å²) in [6.07, 6.45) is 2.57. The molecule has 0 fully saturated rings. The van der Waals surface area contributed by atoms with Crippen LogP contribution < -0.4 is 4.74 Å². The lowest BCUT2D eigenvalue weighted by Gasteiger charge is -2.13. The molecule has 2 aromatic rings. The molecule has 1 N–H and O–H groups in total. The number of aromatic nitrogens is 3. The van der Waals surface area contributed by atoms with Crippen molar-refractivity contribution in [3.05, 3.63) is 41.0 Å². The highest BCUT2D eigenvalue weighted by molar-refractivity contribution is 5.43. The molecular weight excluding hydrogens is 254 g/mol. The molecule has 0 atom stereocenters. The van der Waals surface area contributed by atoms with Crippen LogP contribution >= 0.6 is 0 Å². The highest BCUT2D eigenvalue weighted by Gasteiger charge is 2.09. The molecule has 108 valence electrons. The van der Waals surface area contributed by atoms with Gasteiger partial charge in [0.2, 0.25) is 0 Å². The summed E-state index contributed by atoms with van der Waals surface area (Å²) in [6.45, 7) is 7.37. The SMILES string of the molecule is CCCn1ncnc1COc1c(C)cc(CO)cc1C. The molecule has 0 spiro atoms. The van der Waals surface area contributed by atoms with E-state index in [1.807, 2.05) is 30.7 Å². The zero-order valence-electron chi connectivity index (χ0n) is 12.3. The van der Waals surface area contributed by atoms with Gasteiger partial charge < -0.3 is 9.84 Å². The molecular formula is C15H21N3O2. The third-order valence-corrected chi connectivity index (χ3v) is 3.18. The van der Waals surface area contributed by atoms with Crippen LogP contribution in [0.2, 0.25) is 0 Å². The molecule has 0 radical (unpaired) electrons. The second-order valence-corrected chi connectivity index (χ2v) is 4.90. The Morgan fingerprint density at radius 3 is 2.55 bits per heavy atom. The van der Waals surface area contributed by atoms with Crippen molar-refractivity contribution in [1.29, 1.82) is 0 Å². The Balaban J connectivity index is 2.13. The summed E-state index contributed by atoms with van der Waals surface area (Å²) < 4.78 is 7.76. The highest BCUT2D eigenvalue weighted by Crippen LogP contribution is 2.25. The maximum absolute atomic E-state index is 9.19. The normalized spacial score (nSPS) is 10.8. The molecule has 2 rings (SSSR count). The van der Waals surface area contributed by atoms with Crippen molar-refractivity contribution in [3.8, 4) is 5.75 Å². The number of hydrogen-bond donors (Lipinski definition) is 1. The van der Waals surface area contributed by atoms with Gasteiger partial charge in [-0.15, -0.1) is 0 Å². The van der Waals surface area contributed by atoms with Crippen molar-refractivity contribution in [1.82, 2.24) is 14.8 Å². The zero-order valence-corrected chi connectivity index (χ0v) is 12.3. The monoisotopic (exact) mass is 275 g/mol. The van der Waals surface area contributed by atoms with Gasteiger partial charge in [0.15, 0.2) is 5.82 Å². The van der Waals surface area contributed by atoms with Crippen molar-refractivity contribution in [3.63, 3.8) is 0 Å². The predicted octanol–water partition coefficient (Wildman–Crippen LogP) is 2.38. The molecule has 0 amide bonds. The van der Waals surface area contributed by atoms with Crippen LogP contribution in [0.5, 0.6) is 5.75 Å². The highest BCUT2D eigenvalue weighted by atomic mass is 16.5. The molecule has 1 aromatic heterocycles. The predicted molar refractivity (Wildman–Crippen MR) is 76.5 cm³/mol. The molecule has 1 aromatic carbocycles. The van der Waals surface area contributed by atoms with E-state index in [-0.39, 0.29) is 6.61 Å². The van der Waals surface area contributed by atoms with E-state index in [1.54, 1.807) is 6.33 Å². The first-order valence-electron chi connectivity index (χ1n) is 6.86. The van der Waals surface area contributed by atoms with Gasteiger partial charge >= 0.3 is 0 Å². The van der Waals surface area contributed by atoms with Gasteiger partial charge in [0.1, 0.15) is 18.7 Å². The third-order valence-electron chi connectivity index (χ3n) is 3.18. The van der Waals surface area contributed by atoms with Crippen LogP contribution in [-0.2, 0) is 19.8 Å². The van der Waals surface area contributed by atoms with Crippen LogP contribution in [0.15, 0.2) is 18.5 Å². The van der Waals surface area contributed by atoms with E-state index in [9.17, 15) is 5.11 Å². The molecule has 0 saturated heterocycles. The molecule has 0 bridgehead atoms. The van der Waals surface area contributed by atoms with E-state index in [2.05, 4.69) is 17.0 Å². The van der Waals surface area contributed by atoms with E-state index >= 15 is 0 Å². The zero-order chi connectivity index (χ0) is 14.5. The lowest BCUT2D eigenvalue weighted by Crippen LogP contribution is -2.09. The summed E-state index contributed by atoms with van der Waals surface area (Å²) >= 11 is 0. The van der Waals surface area contributed by atoms with Crippen molar-refractivity contribution in [2.24, 2.45) is 0 Å². The first-order chi connectivity index (χ1) is 9.65. The standard InChI is InChI=1S/C15H21N3O2/c1-4-5-18-14(16-10-17-18)9-20-15-11(2)6-13(8-19)7-12(15)3/h6-7,10,19H,4-5,8-9H2,1-3H3. The first kappa shape index (κ1) is 14.5. The fourth-order valence-corrected chi connectivity index (χ4v) is 2.29. The average Bonchev–Trinajstić information content (AvgIpc) is 2.85. The molecule has 1 heterocycles. The van der Waals surface area contributed by atoms with Crippen molar-refractivity contribution in [2.75, 3.05) is 0 Å². The Morgan fingerprint density at radius 2 is 1.95 bits per heavy atom. The summed E-state index contributed by atoms with van der Waals surface area (Å²) in [7, 11) is 0. The lowest BCUT2D eigenvalue weighted by molar-refractivity contribution is 0.276. The number of aliphatic hydroxyl groups excluding tert-OH is 1. The molecule has 0 aliphatic carbocycles. The Kier molecular flexibility index (Phi) is 4.74. The Labute approximate surface area is 119 Å². The van der Waals surface area contributed by atoms with Gasteiger partial charge in [0.25, 0.3) is 0 Å². The summed E-state index contributed by atoms with van der Waals surface area (Å²) in [5, 5.41) is 13.4. The maximum atomic E-state index is 9.19. The second kappa shape index (κ2) is 6.52. The summed E-state index contributed by atoms with van der Waals surface area (Å²) in [4.78, 5) is 4.23. The number of rotatable bonds is 6. The first-order valence-corrected chi connectivity index (χ1v) is 6.86. The van der Waals surface area contributed by atoms with Crippen LogP contribution in [0.3, 0.4) is 0 Å². The average molecular weight is 275 g/mol. The van der Waals surface area contributed by atoms with E-state index in [0.717, 1.165) is 41.2 Å². The third kappa shape index (κ3) is 3.17. The molecule has 0 aliphatic rings. The van der Waals surface area contributed by atoms with Crippen LogP contribution in [0.4, 0.5) is 0 Å². The molecule has 0 unspecified atom stereocenters. The van der Waals surface area contributed by atoms with E-state index < -0.39 is 0 Å². The van der Waals surface area contributed by atoms with Gasteiger partial charge in [-0.2, -0.15) is 5.10 Å². The topological polar surface area (TPSA) is 60.2 Å². The van der Waals surface area contributed by atoms with Gasteiger partial charge in [-0.3, -0.25) is 0 Å². The minimum atomic E-state index is 0.0484. The van der Waals surface area contributed by atoms with Crippen molar-refractivity contribution < 1.29 is 9.84 Å². The summed E-state index contributed by atoms with van der Waals surface area (Å²) in [5.41, 5.74) is 2.95. The maximum Gasteiger partial charge on any atom is 0.164 e. The van der Waals surface area contributed by atoms with Gasteiger partial charge in [0.05, 0.1) is 6.61 Å². The van der Waals surface area contributed by atoms with E-state index in [0.29, 0.717) is 6.61 Å². The molecule has 0 aliphatic heterocycles. The van der Waals surface area contributed by atoms with Crippen LogP contribution in [-0.4, -0.2) is 19.9 Å². The van der Waals surface area contributed by atoms with Gasteiger partial charge in [-0.25, -0.2) is 9.67 Å². The molecule has 5 nitrogen and oxygen atoms in total. The molecule has 5 heteroatoms. The van der Waals surface area contributed by atoms with Gasteiger partial charge in [0, 0.05) is 6.54 Å². The summed E-state index contributed by atoms with van der Waals surface area (Å²) in [6, 6.07) is 3.89. The number of hydrogen-bond acceptors (Lipinski definition) is 4. The van der Waals surface area contributed by atoms with Crippen LogP contribution in [0.25, 0.3) is 0 Å². The van der Waals surface area contributed by atoms with Crippen LogP contribution in [0, 0.1) is 13.8 Å². The Morgan fingerprint density at radius 1 is 1.25 bits per heavy atom. The fraction of sp³-hybridized carbons (Fsp3) is 0.467. The van der Waals surface area contributed by atoms with Crippen molar-refractivity contribution in [2.45, 2.75) is 47.0 Å². The number of nitrogens with zero attached hydrogens (tertiary/aromatic N) is 3. The van der Waals surface area contributed by atoms with Crippen molar-refractivity contribution >= 4 is 0 Å². The van der Waals surface area contributed by atoms with Gasteiger partial charge in [-0.1, -0.05) is 19.1 Å².